The first-order valence-corrected chi connectivity index (χ1v) is 7.21. The van der Waals surface area contributed by atoms with Gasteiger partial charge in [-0.15, -0.1) is 0 Å². The van der Waals surface area contributed by atoms with Crippen molar-refractivity contribution in [3.8, 4) is 11.5 Å². The number of amides is 1. The largest absolute Gasteiger partial charge is 0.497 e. The molecule has 0 saturated carbocycles. The Bertz CT molecular complexity index is 697. The smallest absolute Gasteiger partial charge is 0.244 e. The summed E-state index contributed by atoms with van der Waals surface area (Å²) in [4.78, 5) is 16.0. The van der Waals surface area contributed by atoms with Crippen LogP contribution >= 0.6 is 0 Å². The van der Waals surface area contributed by atoms with Crippen molar-refractivity contribution < 1.29 is 14.3 Å². The third-order valence-electron chi connectivity index (χ3n) is 3.40. The van der Waals surface area contributed by atoms with Crippen LogP contribution in [0.15, 0.2) is 48.8 Å². The molecule has 5 nitrogen and oxygen atoms in total. The summed E-state index contributed by atoms with van der Waals surface area (Å²) in [5.41, 5.74) is 2.67. The van der Waals surface area contributed by atoms with Gasteiger partial charge in [0.2, 0.25) is 5.91 Å². The summed E-state index contributed by atoms with van der Waals surface area (Å²) in [6, 6.07) is 9.23. The SMILES string of the molecule is COc1ccc(/C(C)=C/C(=O)NCc2ccncc2)c(OC)c1. The van der Waals surface area contributed by atoms with Crippen LogP contribution in [-0.2, 0) is 11.3 Å². The second kappa shape index (κ2) is 7.98. The first-order valence-electron chi connectivity index (χ1n) is 7.21. The predicted octanol–water partition coefficient (Wildman–Crippen LogP) is 2.82. The number of hydrogen-bond acceptors (Lipinski definition) is 4. The van der Waals surface area contributed by atoms with Gasteiger partial charge in [-0.3, -0.25) is 9.78 Å². The molecule has 0 aliphatic carbocycles. The van der Waals surface area contributed by atoms with Gasteiger partial charge in [-0.1, -0.05) is 0 Å². The number of nitrogens with zero attached hydrogens (tertiary/aromatic N) is 1. The van der Waals surface area contributed by atoms with E-state index in [9.17, 15) is 4.79 Å². The topological polar surface area (TPSA) is 60.5 Å². The Morgan fingerprint density at radius 1 is 1.17 bits per heavy atom. The second-order valence-corrected chi connectivity index (χ2v) is 4.97. The van der Waals surface area contributed by atoms with E-state index in [2.05, 4.69) is 10.3 Å². The minimum atomic E-state index is -0.155. The third kappa shape index (κ3) is 4.57. The number of nitrogens with one attached hydrogen (secondary N) is 1. The van der Waals surface area contributed by atoms with Crippen LogP contribution in [0.1, 0.15) is 18.1 Å². The average molecular weight is 312 g/mol. The predicted molar refractivity (Wildman–Crippen MR) is 89.3 cm³/mol. The molecule has 1 N–H and O–H groups in total. The van der Waals surface area contributed by atoms with Gasteiger partial charge in [-0.2, -0.15) is 0 Å². The van der Waals surface area contributed by atoms with E-state index in [1.807, 2.05) is 31.2 Å². The Balaban J connectivity index is 2.08. The average Bonchev–Trinajstić information content (AvgIpc) is 2.60. The lowest BCUT2D eigenvalue weighted by atomic mass is 10.1. The molecule has 2 rings (SSSR count). The maximum Gasteiger partial charge on any atom is 0.244 e. The summed E-state index contributed by atoms with van der Waals surface area (Å²) in [5, 5.41) is 2.85. The first kappa shape index (κ1) is 16.5. The van der Waals surface area contributed by atoms with Crippen molar-refractivity contribution in [1.29, 1.82) is 0 Å². The zero-order valence-corrected chi connectivity index (χ0v) is 13.5. The number of aromatic nitrogens is 1. The van der Waals surface area contributed by atoms with Crippen LogP contribution < -0.4 is 14.8 Å². The van der Waals surface area contributed by atoms with Crippen molar-refractivity contribution in [1.82, 2.24) is 10.3 Å². The lowest BCUT2D eigenvalue weighted by Crippen LogP contribution is -2.20. The van der Waals surface area contributed by atoms with Crippen LogP contribution in [0.3, 0.4) is 0 Å². The van der Waals surface area contributed by atoms with E-state index in [1.165, 1.54) is 0 Å². The van der Waals surface area contributed by atoms with Crippen LogP contribution in [0, 0.1) is 0 Å². The molecule has 2 aromatic rings. The summed E-state index contributed by atoms with van der Waals surface area (Å²) in [6.07, 6.45) is 4.96. The number of hydrogen-bond donors (Lipinski definition) is 1. The van der Waals surface area contributed by atoms with Crippen LogP contribution in [0.2, 0.25) is 0 Å². The third-order valence-corrected chi connectivity index (χ3v) is 3.40. The molecule has 23 heavy (non-hydrogen) atoms. The normalized spacial score (nSPS) is 11.0. The van der Waals surface area contributed by atoms with Crippen molar-refractivity contribution >= 4 is 11.5 Å². The molecule has 1 aromatic carbocycles. The van der Waals surface area contributed by atoms with Gasteiger partial charge in [0.15, 0.2) is 0 Å². The molecule has 0 saturated heterocycles. The molecule has 0 spiro atoms. The van der Waals surface area contributed by atoms with Crippen LogP contribution in [0.4, 0.5) is 0 Å². The zero-order chi connectivity index (χ0) is 16.7. The number of ether oxygens (including phenoxy) is 2. The summed E-state index contributed by atoms with van der Waals surface area (Å²) >= 11 is 0. The van der Waals surface area contributed by atoms with Gasteiger partial charge in [0, 0.05) is 36.6 Å². The quantitative estimate of drug-likeness (QED) is 0.833. The van der Waals surface area contributed by atoms with Crippen LogP contribution in [-0.4, -0.2) is 25.1 Å². The summed E-state index contributed by atoms with van der Waals surface area (Å²) < 4.78 is 10.5. The van der Waals surface area contributed by atoms with E-state index in [-0.39, 0.29) is 5.91 Å². The molecule has 0 radical (unpaired) electrons. The number of methoxy groups -OCH3 is 2. The minimum absolute atomic E-state index is 0.155. The van der Waals surface area contributed by atoms with E-state index < -0.39 is 0 Å². The van der Waals surface area contributed by atoms with Crippen LogP contribution in [0.25, 0.3) is 5.57 Å². The fourth-order valence-corrected chi connectivity index (χ4v) is 2.14. The molecule has 5 heteroatoms. The van der Waals surface area contributed by atoms with E-state index in [0.29, 0.717) is 18.0 Å². The Labute approximate surface area is 136 Å². The van der Waals surface area contributed by atoms with Crippen molar-refractivity contribution in [2.75, 3.05) is 14.2 Å². The maximum atomic E-state index is 12.1. The highest BCUT2D eigenvalue weighted by atomic mass is 16.5. The molecule has 0 unspecified atom stereocenters. The number of rotatable bonds is 6. The Hall–Kier alpha value is -2.82. The number of benzene rings is 1. The number of carbonyl (C=O) groups excluding carboxylic acids is 1. The van der Waals surface area contributed by atoms with Gasteiger partial charge in [0.1, 0.15) is 11.5 Å². The number of pyridine rings is 1. The Kier molecular flexibility index (Phi) is 5.74. The van der Waals surface area contributed by atoms with Gasteiger partial charge in [-0.05, 0) is 42.3 Å². The molecule has 0 aliphatic rings. The van der Waals surface area contributed by atoms with Gasteiger partial charge < -0.3 is 14.8 Å². The van der Waals surface area contributed by atoms with E-state index in [4.69, 9.17) is 9.47 Å². The second-order valence-electron chi connectivity index (χ2n) is 4.97. The minimum Gasteiger partial charge on any atom is -0.497 e. The molecular weight excluding hydrogens is 292 g/mol. The highest BCUT2D eigenvalue weighted by Crippen LogP contribution is 2.29. The number of allylic oxidation sites excluding steroid dienone is 1. The highest BCUT2D eigenvalue weighted by molar-refractivity contribution is 5.95. The molecular formula is C18H20N2O3. The summed E-state index contributed by atoms with van der Waals surface area (Å²) in [5.74, 6) is 1.22. The molecule has 0 bridgehead atoms. The molecule has 0 atom stereocenters. The van der Waals surface area contributed by atoms with E-state index in [1.54, 1.807) is 38.8 Å². The van der Waals surface area contributed by atoms with E-state index >= 15 is 0 Å². The Morgan fingerprint density at radius 3 is 2.57 bits per heavy atom. The molecule has 120 valence electrons. The molecule has 0 fully saturated rings. The fraction of sp³-hybridized carbons (Fsp3) is 0.222. The summed E-state index contributed by atoms with van der Waals surface area (Å²) in [6.45, 7) is 2.33. The van der Waals surface area contributed by atoms with Gasteiger partial charge >= 0.3 is 0 Å². The van der Waals surface area contributed by atoms with Crippen molar-refractivity contribution in [3.63, 3.8) is 0 Å². The summed E-state index contributed by atoms with van der Waals surface area (Å²) in [7, 11) is 3.19. The lowest BCUT2D eigenvalue weighted by Gasteiger charge is -2.11. The standard InChI is InChI=1S/C18H20N2O3/c1-13(16-5-4-15(22-2)11-17(16)23-3)10-18(21)20-12-14-6-8-19-9-7-14/h4-11H,12H2,1-3H3,(H,20,21)/b13-10+. The van der Waals surface area contributed by atoms with Crippen molar-refractivity contribution in [2.45, 2.75) is 13.5 Å². The van der Waals surface area contributed by atoms with Crippen LogP contribution in [0.5, 0.6) is 11.5 Å². The molecule has 0 aliphatic heterocycles. The monoisotopic (exact) mass is 312 g/mol. The van der Waals surface area contributed by atoms with Gasteiger partial charge in [-0.25, -0.2) is 0 Å². The van der Waals surface area contributed by atoms with Gasteiger partial charge in [0.05, 0.1) is 14.2 Å². The van der Waals surface area contributed by atoms with Crippen molar-refractivity contribution in [3.05, 3.63) is 59.9 Å². The number of carbonyl (C=O) groups is 1. The maximum absolute atomic E-state index is 12.1. The fourth-order valence-electron chi connectivity index (χ4n) is 2.14. The van der Waals surface area contributed by atoms with Crippen molar-refractivity contribution in [2.24, 2.45) is 0 Å². The Morgan fingerprint density at radius 2 is 1.91 bits per heavy atom. The van der Waals surface area contributed by atoms with Gasteiger partial charge in [0.25, 0.3) is 0 Å². The highest BCUT2D eigenvalue weighted by Gasteiger charge is 2.08. The zero-order valence-electron chi connectivity index (χ0n) is 13.5. The lowest BCUT2D eigenvalue weighted by molar-refractivity contribution is -0.116. The molecule has 1 heterocycles. The van der Waals surface area contributed by atoms with E-state index in [0.717, 1.165) is 16.7 Å². The first-order chi connectivity index (χ1) is 11.1. The molecule has 1 aromatic heterocycles. The molecule has 1 amide bonds.